The van der Waals surface area contributed by atoms with E-state index in [1.54, 1.807) is 9.25 Å². The van der Waals surface area contributed by atoms with Gasteiger partial charge in [0, 0.05) is 24.4 Å². The number of thiazole rings is 1. The topological polar surface area (TPSA) is 78.5 Å². The van der Waals surface area contributed by atoms with Gasteiger partial charge in [-0.2, -0.15) is 5.10 Å². The Balaban J connectivity index is 1.82. The van der Waals surface area contributed by atoms with Gasteiger partial charge in [0.25, 0.3) is 5.56 Å². The maximum Gasteiger partial charge on any atom is 0.270 e. The molecule has 0 aliphatic carbocycles. The highest BCUT2D eigenvalue weighted by molar-refractivity contribution is 7.07. The van der Waals surface area contributed by atoms with Crippen molar-refractivity contribution in [2.75, 3.05) is 0 Å². The van der Waals surface area contributed by atoms with Gasteiger partial charge in [-0.1, -0.05) is 29.5 Å². The van der Waals surface area contributed by atoms with Gasteiger partial charge in [-0.15, -0.1) is 0 Å². The number of ketones is 1. The van der Waals surface area contributed by atoms with Crippen molar-refractivity contribution in [1.29, 1.82) is 0 Å². The summed E-state index contributed by atoms with van der Waals surface area (Å²) in [6, 6.07) is 7.13. The number of para-hydroxylation sites is 1. The maximum absolute atomic E-state index is 13.4. The van der Waals surface area contributed by atoms with Gasteiger partial charge in [0.05, 0.1) is 16.3 Å². The fourth-order valence-electron chi connectivity index (χ4n) is 4.46. The average molecular weight is 408 g/mol. The van der Waals surface area contributed by atoms with Crippen LogP contribution in [0.4, 0.5) is 0 Å². The Hall–Kier alpha value is -3.00. The first kappa shape index (κ1) is 18.1. The van der Waals surface area contributed by atoms with Crippen LogP contribution in [0.5, 0.6) is 5.75 Å². The number of nitrogens with zero attached hydrogens (tertiary/aromatic N) is 4. The van der Waals surface area contributed by atoms with Gasteiger partial charge >= 0.3 is 0 Å². The monoisotopic (exact) mass is 408 g/mol. The molecular formula is C21H20N4O3S. The van der Waals surface area contributed by atoms with Gasteiger partial charge in [0.15, 0.2) is 4.80 Å². The number of rotatable bonds is 2. The van der Waals surface area contributed by atoms with E-state index in [1.807, 2.05) is 57.4 Å². The summed E-state index contributed by atoms with van der Waals surface area (Å²) >= 11 is 1.32. The zero-order valence-corrected chi connectivity index (χ0v) is 17.4. The standard InChI is InChI=1S/C21H20N4O3S/c1-11-13(10-24(4)23-11)9-16-19(27)25-18-14-7-5-6-8-15(14)28-21(3,17(18)12(2)26)22-20(25)29-16/h5-10,17-18H,1-4H3/b16-9-. The minimum absolute atomic E-state index is 0.0480. The summed E-state index contributed by atoms with van der Waals surface area (Å²) in [5.41, 5.74) is 1.39. The molecule has 7 nitrogen and oxygen atoms in total. The highest BCUT2D eigenvalue weighted by Crippen LogP contribution is 2.47. The van der Waals surface area contributed by atoms with E-state index in [-0.39, 0.29) is 11.3 Å². The summed E-state index contributed by atoms with van der Waals surface area (Å²) in [5, 5.41) is 4.34. The van der Waals surface area contributed by atoms with Crippen molar-refractivity contribution >= 4 is 23.2 Å². The zero-order chi connectivity index (χ0) is 20.5. The number of benzene rings is 1. The Bertz CT molecular complexity index is 1350. The van der Waals surface area contributed by atoms with E-state index >= 15 is 0 Å². The van der Waals surface area contributed by atoms with Crippen molar-refractivity contribution in [3.63, 3.8) is 0 Å². The predicted octanol–water partition coefficient (Wildman–Crippen LogP) is 1.32. The van der Waals surface area contributed by atoms with Gasteiger partial charge < -0.3 is 4.74 Å². The summed E-state index contributed by atoms with van der Waals surface area (Å²) in [7, 11) is 1.85. The molecule has 0 saturated heterocycles. The number of aryl methyl sites for hydroxylation is 2. The number of hydrogen-bond acceptors (Lipinski definition) is 6. The molecule has 2 aliphatic heterocycles. The molecule has 2 bridgehead atoms. The molecule has 3 unspecified atom stereocenters. The van der Waals surface area contributed by atoms with Gasteiger partial charge in [-0.25, -0.2) is 4.99 Å². The molecule has 3 aromatic rings. The predicted molar refractivity (Wildman–Crippen MR) is 109 cm³/mol. The highest BCUT2D eigenvalue weighted by atomic mass is 32.1. The molecule has 2 aliphatic rings. The minimum Gasteiger partial charge on any atom is -0.465 e. The summed E-state index contributed by atoms with van der Waals surface area (Å²) in [5.74, 6) is 0.0527. The number of carbonyl (C=O) groups is 1. The molecule has 4 heterocycles. The third-order valence-electron chi connectivity index (χ3n) is 5.66. The summed E-state index contributed by atoms with van der Waals surface area (Å²) in [6.45, 7) is 5.27. The SMILES string of the molecule is CC(=O)C1C2c3ccccc3OC1(C)N=c1s/c(=C\c3cn(C)nc3C)c(=O)n12. The van der Waals surface area contributed by atoms with Crippen LogP contribution in [0.15, 0.2) is 40.2 Å². The van der Waals surface area contributed by atoms with E-state index in [4.69, 9.17) is 9.73 Å². The van der Waals surface area contributed by atoms with Crippen molar-refractivity contribution in [3.05, 3.63) is 67.0 Å². The van der Waals surface area contributed by atoms with Gasteiger partial charge in [-0.3, -0.25) is 18.8 Å². The second kappa shape index (κ2) is 6.00. The Kier molecular flexibility index (Phi) is 3.73. The first-order valence-electron chi connectivity index (χ1n) is 9.40. The van der Waals surface area contributed by atoms with Gasteiger partial charge in [0.2, 0.25) is 5.72 Å². The number of carbonyl (C=O) groups excluding carboxylic acids is 1. The van der Waals surface area contributed by atoms with E-state index < -0.39 is 17.7 Å². The lowest BCUT2D eigenvalue weighted by atomic mass is 9.79. The molecule has 3 atom stereocenters. The van der Waals surface area contributed by atoms with Crippen LogP contribution < -0.4 is 19.6 Å². The summed E-state index contributed by atoms with van der Waals surface area (Å²) in [6.07, 6.45) is 3.73. The van der Waals surface area contributed by atoms with Crippen LogP contribution in [0, 0.1) is 12.8 Å². The number of Topliss-reactive ketones (excluding diaryl/α,β-unsaturated/α-hetero) is 1. The fraction of sp³-hybridized carbons (Fsp3) is 0.333. The molecule has 0 saturated carbocycles. The molecule has 0 radical (unpaired) electrons. The molecule has 2 aromatic heterocycles. The molecule has 1 aromatic carbocycles. The minimum atomic E-state index is -1.04. The smallest absolute Gasteiger partial charge is 0.270 e. The van der Waals surface area contributed by atoms with Gasteiger partial charge in [0.1, 0.15) is 17.5 Å². The van der Waals surface area contributed by atoms with Crippen LogP contribution in [-0.2, 0) is 11.8 Å². The van der Waals surface area contributed by atoms with E-state index in [0.717, 1.165) is 16.8 Å². The number of ether oxygens (including phenoxy) is 1. The Morgan fingerprint density at radius 3 is 2.79 bits per heavy atom. The van der Waals surface area contributed by atoms with Crippen LogP contribution in [0.1, 0.15) is 36.7 Å². The Labute approximate surface area is 170 Å². The second-order valence-corrected chi connectivity index (χ2v) is 8.76. The largest absolute Gasteiger partial charge is 0.465 e. The molecule has 148 valence electrons. The molecule has 0 fully saturated rings. The van der Waals surface area contributed by atoms with Crippen molar-refractivity contribution in [3.8, 4) is 5.75 Å². The Morgan fingerprint density at radius 1 is 1.34 bits per heavy atom. The molecule has 8 heteroatoms. The van der Waals surface area contributed by atoms with Crippen molar-refractivity contribution in [1.82, 2.24) is 14.3 Å². The molecular weight excluding hydrogens is 388 g/mol. The second-order valence-electron chi connectivity index (χ2n) is 7.75. The van der Waals surface area contributed by atoms with Crippen LogP contribution >= 0.6 is 11.3 Å². The summed E-state index contributed by atoms with van der Waals surface area (Å²) in [4.78, 5) is 31.4. The van der Waals surface area contributed by atoms with Crippen LogP contribution in [-0.4, -0.2) is 25.9 Å². The quantitative estimate of drug-likeness (QED) is 0.641. The first-order valence-corrected chi connectivity index (χ1v) is 10.2. The number of hydrogen-bond donors (Lipinski definition) is 0. The van der Waals surface area contributed by atoms with E-state index in [0.29, 0.717) is 15.1 Å². The number of aromatic nitrogens is 3. The van der Waals surface area contributed by atoms with Crippen LogP contribution in [0.3, 0.4) is 0 Å². The molecule has 0 N–H and O–H groups in total. The third kappa shape index (κ3) is 2.55. The molecule has 29 heavy (non-hydrogen) atoms. The van der Waals surface area contributed by atoms with Crippen molar-refractivity contribution in [2.24, 2.45) is 18.0 Å². The van der Waals surface area contributed by atoms with E-state index in [1.165, 1.54) is 18.3 Å². The number of fused-ring (bicyclic) bond motifs is 6. The molecule has 0 spiro atoms. The highest BCUT2D eigenvalue weighted by Gasteiger charge is 2.53. The lowest BCUT2D eigenvalue weighted by molar-refractivity contribution is -0.132. The van der Waals surface area contributed by atoms with Crippen LogP contribution in [0.2, 0.25) is 0 Å². The third-order valence-corrected chi connectivity index (χ3v) is 6.64. The molecule has 5 rings (SSSR count). The normalized spacial score (nSPS) is 25.0. The van der Waals surface area contributed by atoms with E-state index in [2.05, 4.69) is 5.10 Å². The maximum atomic E-state index is 13.4. The summed E-state index contributed by atoms with van der Waals surface area (Å²) < 4.78 is 10.1. The lowest BCUT2D eigenvalue weighted by Crippen LogP contribution is -2.58. The van der Waals surface area contributed by atoms with Crippen molar-refractivity contribution in [2.45, 2.75) is 32.5 Å². The van der Waals surface area contributed by atoms with Gasteiger partial charge in [-0.05, 0) is 32.9 Å². The van der Waals surface area contributed by atoms with E-state index in [9.17, 15) is 9.59 Å². The Morgan fingerprint density at radius 2 is 2.10 bits per heavy atom. The first-order chi connectivity index (χ1) is 13.8. The zero-order valence-electron chi connectivity index (χ0n) is 16.5. The fourth-order valence-corrected chi connectivity index (χ4v) is 5.55. The van der Waals surface area contributed by atoms with Crippen molar-refractivity contribution < 1.29 is 9.53 Å². The van der Waals surface area contributed by atoms with Crippen LogP contribution in [0.25, 0.3) is 6.08 Å². The lowest BCUT2D eigenvalue weighted by Gasteiger charge is -2.45. The molecule has 0 amide bonds. The average Bonchev–Trinajstić information content (AvgIpc) is 3.11.